The lowest BCUT2D eigenvalue weighted by Gasteiger charge is -2.26. The maximum atomic E-state index is 12.6. The smallest absolute Gasteiger partial charge is 0.225 e. The van der Waals surface area contributed by atoms with E-state index in [0.717, 1.165) is 27.3 Å². The van der Waals surface area contributed by atoms with Crippen molar-refractivity contribution < 1.29 is 14.3 Å². The number of thiophene rings is 1. The van der Waals surface area contributed by atoms with Crippen molar-refractivity contribution in [1.82, 2.24) is 0 Å². The molecule has 1 amide bonds. The molecule has 0 fully saturated rings. The van der Waals surface area contributed by atoms with E-state index in [1.807, 2.05) is 18.2 Å². The Morgan fingerprint density at radius 3 is 2.76 bits per heavy atom. The Morgan fingerprint density at radius 2 is 2.03 bits per heavy atom. The Morgan fingerprint density at radius 1 is 1.24 bits per heavy atom. The van der Waals surface area contributed by atoms with Gasteiger partial charge in [-0.1, -0.05) is 54.6 Å². The number of benzene rings is 2. The van der Waals surface area contributed by atoms with Crippen molar-refractivity contribution in [3.63, 3.8) is 0 Å². The molecule has 0 spiro atoms. The molecule has 148 valence electrons. The first-order valence-corrected chi connectivity index (χ1v) is 10.4. The van der Waals surface area contributed by atoms with Crippen LogP contribution in [0.5, 0.6) is 11.5 Å². The van der Waals surface area contributed by atoms with Gasteiger partial charge in [0.15, 0.2) is 11.5 Å². The second-order valence-electron chi connectivity index (χ2n) is 7.04. The summed E-state index contributed by atoms with van der Waals surface area (Å²) in [4.78, 5) is 13.8. The normalized spacial score (nSPS) is 15.4. The topological polar surface area (TPSA) is 47.6 Å². The number of hydrogen-bond acceptors (Lipinski definition) is 4. The van der Waals surface area contributed by atoms with Gasteiger partial charge >= 0.3 is 0 Å². The van der Waals surface area contributed by atoms with E-state index in [9.17, 15) is 4.79 Å². The molecule has 0 saturated heterocycles. The van der Waals surface area contributed by atoms with Crippen LogP contribution in [0.2, 0.25) is 0 Å². The number of ether oxygens (including phenoxy) is 2. The summed E-state index contributed by atoms with van der Waals surface area (Å²) in [6.07, 6.45) is 2.08. The highest BCUT2D eigenvalue weighted by Gasteiger charge is 2.33. The molecule has 4 rings (SSSR count). The molecule has 0 radical (unpaired) electrons. The fourth-order valence-electron chi connectivity index (χ4n) is 3.69. The molecule has 3 aromatic rings. The van der Waals surface area contributed by atoms with Crippen LogP contribution < -0.4 is 14.8 Å². The number of rotatable bonds is 6. The van der Waals surface area contributed by atoms with Gasteiger partial charge in [0, 0.05) is 33.7 Å². The van der Waals surface area contributed by atoms with Crippen molar-refractivity contribution in [2.45, 2.75) is 19.3 Å². The third kappa shape index (κ3) is 3.66. The van der Waals surface area contributed by atoms with E-state index in [1.165, 1.54) is 5.56 Å². The highest BCUT2D eigenvalue weighted by atomic mass is 32.1. The van der Waals surface area contributed by atoms with Crippen molar-refractivity contribution in [1.29, 1.82) is 0 Å². The first-order valence-electron chi connectivity index (χ1n) is 9.51. The van der Waals surface area contributed by atoms with Crippen LogP contribution in [0.3, 0.4) is 0 Å². The van der Waals surface area contributed by atoms with Crippen molar-refractivity contribution in [2.24, 2.45) is 0 Å². The number of aryl methyl sites for hydroxylation is 1. The summed E-state index contributed by atoms with van der Waals surface area (Å²) >= 11 is 1.67. The number of fused-ring (bicyclic) bond motifs is 1. The van der Waals surface area contributed by atoms with E-state index < -0.39 is 0 Å². The van der Waals surface area contributed by atoms with Gasteiger partial charge in [-0.05, 0) is 18.6 Å². The lowest BCUT2D eigenvalue weighted by atomic mass is 9.88. The lowest BCUT2D eigenvalue weighted by Crippen LogP contribution is -2.23. The number of hydrogen-bond donors (Lipinski definition) is 1. The zero-order valence-corrected chi connectivity index (χ0v) is 17.3. The number of anilines is 1. The molecule has 0 aliphatic carbocycles. The molecule has 2 heterocycles. The molecule has 1 aromatic heterocycles. The molecule has 0 saturated carbocycles. The molecule has 1 aliphatic rings. The Kier molecular flexibility index (Phi) is 5.41. The maximum absolute atomic E-state index is 12.6. The second kappa shape index (κ2) is 8.13. The van der Waals surface area contributed by atoms with E-state index >= 15 is 0 Å². The standard InChI is InChI=1S/C24H23NO3S/c1-4-12-28-23-17(6-5-7-20(23)27-3)18-13-21(26)25-22-19(14-29-24(18)22)16-10-8-15(2)9-11-16/h4-11,14,18H,1,12-13H2,2-3H3,(H,25,26)/t18-/m0/s1. The Bertz CT molecular complexity index is 1050. The number of carbonyl (C=O) groups is 1. The van der Waals surface area contributed by atoms with Gasteiger partial charge in [0.25, 0.3) is 0 Å². The molecule has 4 nitrogen and oxygen atoms in total. The van der Waals surface area contributed by atoms with Crippen LogP contribution in [0.4, 0.5) is 5.69 Å². The van der Waals surface area contributed by atoms with Crippen molar-refractivity contribution >= 4 is 22.9 Å². The first-order chi connectivity index (χ1) is 14.1. The third-order valence-corrected chi connectivity index (χ3v) is 6.20. The molecular weight excluding hydrogens is 382 g/mol. The predicted molar refractivity (Wildman–Crippen MR) is 118 cm³/mol. The monoisotopic (exact) mass is 405 g/mol. The summed E-state index contributed by atoms with van der Waals surface area (Å²) in [7, 11) is 1.62. The van der Waals surface area contributed by atoms with E-state index in [0.29, 0.717) is 24.5 Å². The van der Waals surface area contributed by atoms with Crippen LogP contribution in [-0.2, 0) is 4.79 Å². The molecule has 1 atom stereocenters. The molecule has 0 bridgehead atoms. The van der Waals surface area contributed by atoms with Crippen LogP contribution >= 0.6 is 11.3 Å². The highest BCUT2D eigenvalue weighted by Crippen LogP contribution is 2.49. The largest absolute Gasteiger partial charge is 0.493 e. The third-order valence-electron chi connectivity index (χ3n) is 5.10. The summed E-state index contributed by atoms with van der Waals surface area (Å²) in [5.41, 5.74) is 5.22. The van der Waals surface area contributed by atoms with Gasteiger partial charge in [-0.15, -0.1) is 11.3 Å². The summed E-state index contributed by atoms with van der Waals surface area (Å²) in [6.45, 7) is 6.18. The zero-order valence-electron chi connectivity index (χ0n) is 16.5. The van der Waals surface area contributed by atoms with Gasteiger partial charge in [0.2, 0.25) is 5.91 Å². The number of amides is 1. The molecule has 2 aromatic carbocycles. The SMILES string of the molecule is C=CCOc1c(OC)cccc1[C@@H]1CC(=O)Nc2c(-c3ccc(C)cc3)csc21. The van der Waals surface area contributed by atoms with Gasteiger partial charge in [-0.2, -0.15) is 0 Å². The van der Waals surface area contributed by atoms with Gasteiger partial charge in [0.05, 0.1) is 12.8 Å². The van der Waals surface area contributed by atoms with Crippen LogP contribution in [0.15, 0.2) is 60.5 Å². The average molecular weight is 406 g/mol. The molecule has 0 unspecified atom stereocenters. The van der Waals surface area contributed by atoms with Crippen molar-refractivity contribution in [2.75, 3.05) is 19.0 Å². The summed E-state index contributed by atoms with van der Waals surface area (Å²) in [5.74, 6) is 1.25. The van der Waals surface area contributed by atoms with Gasteiger partial charge in [-0.3, -0.25) is 4.79 Å². The number of nitrogens with one attached hydrogen (secondary N) is 1. The van der Waals surface area contributed by atoms with Crippen LogP contribution in [0.25, 0.3) is 11.1 Å². The number of methoxy groups -OCH3 is 1. The van der Waals surface area contributed by atoms with Gasteiger partial charge < -0.3 is 14.8 Å². The van der Waals surface area contributed by atoms with Crippen molar-refractivity contribution in [3.05, 3.63) is 76.5 Å². The molecule has 1 N–H and O–H groups in total. The molecule has 1 aliphatic heterocycles. The first kappa shape index (κ1) is 19.3. The number of carbonyl (C=O) groups excluding carboxylic acids is 1. The summed E-state index contributed by atoms with van der Waals surface area (Å²) in [6, 6.07) is 14.2. The fourth-order valence-corrected chi connectivity index (χ4v) is 4.84. The second-order valence-corrected chi connectivity index (χ2v) is 7.95. The minimum absolute atomic E-state index is 0.00625. The Labute approximate surface area is 174 Å². The van der Waals surface area contributed by atoms with Crippen LogP contribution in [0.1, 0.15) is 28.3 Å². The summed E-state index contributed by atoms with van der Waals surface area (Å²) < 4.78 is 11.5. The van der Waals surface area contributed by atoms with Crippen LogP contribution in [0, 0.1) is 6.92 Å². The lowest BCUT2D eigenvalue weighted by molar-refractivity contribution is -0.116. The minimum Gasteiger partial charge on any atom is -0.493 e. The predicted octanol–water partition coefficient (Wildman–Crippen LogP) is 5.77. The quantitative estimate of drug-likeness (QED) is 0.530. The Hall–Kier alpha value is -3.05. The zero-order chi connectivity index (χ0) is 20.4. The van der Waals surface area contributed by atoms with Gasteiger partial charge in [0.1, 0.15) is 6.61 Å². The van der Waals surface area contributed by atoms with E-state index in [2.05, 4.69) is 48.5 Å². The van der Waals surface area contributed by atoms with E-state index in [-0.39, 0.29) is 11.8 Å². The van der Waals surface area contributed by atoms with E-state index in [1.54, 1.807) is 24.5 Å². The fraction of sp³-hybridized carbons (Fsp3) is 0.208. The minimum atomic E-state index is -0.0853. The highest BCUT2D eigenvalue weighted by molar-refractivity contribution is 7.11. The Balaban J connectivity index is 1.82. The number of para-hydroxylation sites is 1. The van der Waals surface area contributed by atoms with Crippen LogP contribution in [-0.4, -0.2) is 19.6 Å². The molecule has 5 heteroatoms. The average Bonchev–Trinajstić information content (AvgIpc) is 3.15. The van der Waals surface area contributed by atoms with Crippen molar-refractivity contribution in [3.8, 4) is 22.6 Å². The molecule has 29 heavy (non-hydrogen) atoms. The van der Waals surface area contributed by atoms with E-state index in [4.69, 9.17) is 9.47 Å². The molecular formula is C24H23NO3S. The maximum Gasteiger partial charge on any atom is 0.225 e. The van der Waals surface area contributed by atoms with Gasteiger partial charge in [-0.25, -0.2) is 0 Å². The summed E-state index contributed by atoms with van der Waals surface area (Å²) in [5, 5.41) is 5.22.